The maximum atomic E-state index is 13.2. The molecule has 2 amide bonds. The highest BCUT2D eigenvalue weighted by Crippen LogP contribution is 2.21. The van der Waals surface area contributed by atoms with Crippen molar-refractivity contribution in [1.82, 2.24) is 10.2 Å². The van der Waals surface area contributed by atoms with Crippen LogP contribution in [0.15, 0.2) is 18.2 Å². The third-order valence-corrected chi connectivity index (χ3v) is 4.62. The number of hydrogen-bond acceptors (Lipinski definition) is 3. The lowest BCUT2D eigenvalue weighted by Crippen LogP contribution is -2.49. The molecule has 1 aromatic rings. The van der Waals surface area contributed by atoms with E-state index >= 15 is 0 Å². The number of carbonyl (C=O) groups excluding carboxylic acids is 2. The van der Waals surface area contributed by atoms with Crippen molar-refractivity contribution in [3.63, 3.8) is 0 Å². The molecule has 25 heavy (non-hydrogen) atoms. The van der Waals surface area contributed by atoms with Crippen LogP contribution in [-0.4, -0.2) is 41.9 Å². The summed E-state index contributed by atoms with van der Waals surface area (Å²) in [4.78, 5) is 25.7. The topological polar surface area (TPSA) is 75.4 Å². The highest BCUT2D eigenvalue weighted by molar-refractivity contribution is 5.81. The van der Waals surface area contributed by atoms with Gasteiger partial charge in [-0.05, 0) is 50.3 Å². The van der Waals surface area contributed by atoms with E-state index in [0.29, 0.717) is 18.7 Å². The van der Waals surface area contributed by atoms with E-state index in [2.05, 4.69) is 5.32 Å². The number of likely N-dealkylation sites (tertiary alicyclic amines) is 1. The highest BCUT2D eigenvalue weighted by atomic mass is 19.1. The highest BCUT2D eigenvalue weighted by Gasteiger charge is 2.28. The van der Waals surface area contributed by atoms with Gasteiger partial charge in [0.15, 0.2) is 0 Å². The largest absolute Gasteiger partial charge is 0.353 e. The van der Waals surface area contributed by atoms with Gasteiger partial charge in [-0.2, -0.15) is 0 Å². The molecule has 0 aromatic heterocycles. The first-order valence-electron chi connectivity index (χ1n) is 8.55. The van der Waals surface area contributed by atoms with Crippen LogP contribution >= 0.6 is 0 Å². The fourth-order valence-electron chi connectivity index (χ4n) is 3.23. The molecule has 1 aromatic carbocycles. The summed E-state index contributed by atoms with van der Waals surface area (Å²) in [6.45, 7) is 4.84. The predicted molar refractivity (Wildman–Crippen MR) is 90.6 cm³/mol. The summed E-state index contributed by atoms with van der Waals surface area (Å²) in [5.41, 5.74) is 5.93. The molecule has 1 aliphatic rings. The van der Waals surface area contributed by atoms with E-state index < -0.39 is 17.7 Å². The van der Waals surface area contributed by atoms with Crippen LogP contribution in [0.4, 0.5) is 8.78 Å². The summed E-state index contributed by atoms with van der Waals surface area (Å²) in [6.07, 6.45) is 1.50. The van der Waals surface area contributed by atoms with Crippen LogP contribution in [0.5, 0.6) is 0 Å². The Morgan fingerprint density at radius 2 is 1.76 bits per heavy atom. The molecule has 5 nitrogen and oxygen atoms in total. The van der Waals surface area contributed by atoms with Crippen LogP contribution in [0.1, 0.15) is 32.3 Å². The molecule has 1 saturated heterocycles. The van der Waals surface area contributed by atoms with E-state index in [1.54, 1.807) is 11.8 Å². The van der Waals surface area contributed by atoms with Crippen LogP contribution in [0.25, 0.3) is 0 Å². The second kappa shape index (κ2) is 8.38. The van der Waals surface area contributed by atoms with Crippen molar-refractivity contribution in [2.75, 3.05) is 13.1 Å². The summed E-state index contributed by atoms with van der Waals surface area (Å²) in [5, 5.41) is 2.89. The van der Waals surface area contributed by atoms with E-state index in [1.165, 1.54) is 0 Å². The van der Waals surface area contributed by atoms with Crippen LogP contribution in [-0.2, 0) is 16.0 Å². The molecule has 7 heteroatoms. The average molecular weight is 353 g/mol. The summed E-state index contributed by atoms with van der Waals surface area (Å²) in [7, 11) is 0. The van der Waals surface area contributed by atoms with Gasteiger partial charge in [0.05, 0.1) is 12.5 Å². The first-order chi connectivity index (χ1) is 11.8. The monoisotopic (exact) mass is 353 g/mol. The summed E-state index contributed by atoms with van der Waals surface area (Å²) >= 11 is 0. The lowest BCUT2D eigenvalue weighted by Gasteiger charge is -2.35. The maximum absolute atomic E-state index is 13.2. The van der Waals surface area contributed by atoms with Gasteiger partial charge < -0.3 is 16.0 Å². The van der Waals surface area contributed by atoms with Crippen molar-refractivity contribution in [2.45, 2.75) is 45.2 Å². The minimum Gasteiger partial charge on any atom is -0.353 e. The third-order valence-electron chi connectivity index (χ3n) is 4.62. The molecule has 2 rings (SSSR count). The van der Waals surface area contributed by atoms with Gasteiger partial charge >= 0.3 is 0 Å². The molecule has 0 radical (unpaired) electrons. The van der Waals surface area contributed by atoms with Gasteiger partial charge in [0.25, 0.3) is 0 Å². The van der Waals surface area contributed by atoms with Crippen molar-refractivity contribution in [3.8, 4) is 0 Å². The zero-order valence-corrected chi connectivity index (χ0v) is 14.6. The zero-order chi connectivity index (χ0) is 18.6. The number of piperidine rings is 1. The van der Waals surface area contributed by atoms with E-state index in [1.807, 2.05) is 6.92 Å². The number of amides is 2. The number of hydrogen-bond donors (Lipinski definition) is 2. The minimum atomic E-state index is -0.693. The van der Waals surface area contributed by atoms with Gasteiger partial charge in [0.1, 0.15) is 11.6 Å². The number of nitrogens with two attached hydrogens (primary N) is 1. The number of rotatable bonds is 5. The Labute approximate surface area is 146 Å². The molecule has 2 atom stereocenters. The third kappa shape index (κ3) is 5.49. The summed E-state index contributed by atoms with van der Waals surface area (Å²) < 4.78 is 26.4. The molecule has 1 fully saturated rings. The second-order valence-electron chi connectivity index (χ2n) is 6.76. The lowest BCUT2D eigenvalue weighted by atomic mass is 9.90. The van der Waals surface area contributed by atoms with Crippen molar-refractivity contribution < 1.29 is 18.4 Å². The molecular formula is C18H25F2N3O2. The van der Waals surface area contributed by atoms with Crippen molar-refractivity contribution in [1.29, 1.82) is 0 Å². The Hall–Kier alpha value is -2.02. The Morgan fingerprint density at radius 1 is 1.20 bits per heavy atom. The maximum Gasteiger partial charge on any atom is 0.239 e. The Morgan fingerprint density at radius 3 is 2.28 bits per heavy atom. The smallest absolute Gasteiger partial charge is 0.239 e. The average Bonchev–Trinajstić information content (AvgIpc) is 2.53. The standard InChI is InChI=1S/C18H25F2N3O2/c1-11(21)18(25)23-5-3-14(4-6-23)12(2)22-17(24)9-13-7-15(19)10-16(20)8-13/h7-8,10-12,14H,3-6,9,21H2,1-2H3,(H,22,24)/t11-,12?/m0/s1. The Kier molecular flexibility index (Phi) is 6.47. The molecule has 0 bridgehead atoms. The summed E-state index contributed by atoms with van der Waals surface area (Å²) in [6, 6.07) is 2.52. The van der Waals surface area contributed by atoms with Crippen LogP contribution in [0, 0.1) is 17.6 Å². The predicted octanol–water partition coefficient (Wildman–Crippen LogP) is 1.60. The van der Waals surface area contributed by atoms with E-state index in [-0.39, 0.29) is 30.2 Å². The first kappa shape index (κ1) is 19.3. The van der Waals surface area contributed by atoms with Gasteiger partial charge in [0, 0.05) is 25.2 Å². The van der Waals surface area contributed by atoms with Gasteiger partial charge in [-0.15, -0.1) is 0 Å². The quantitative estimate of drug-likeness (QED) is 0.844. The minimum absolute atomic E-state index is 0.0525. The van der Waals surface area contributed by atoms with E-state index in [9.17, 15) is 18.4 Å². The molecule has 1 unspecified atom stereocenters. The number of nitrogens with zero attached hydrogens (tertiary/aromatic N) is 1. The van der Waals surface area contributed by atoms with Gasteiger partial charge in [-0.25, -0.2) is 8.78 Å². The van der Waals surface area contributed by atoms with Crippen molar-refractivity contribution in [3.05, 3.63) is 35.4 Å². The van der Waals surface area contributed by atoms with Gasteiger partial charge in [0.2, 0.25) is 11.8 Å². The number of nitrogens with one attached hydrogen (secondary N) is 1. The SMILES string of the molecule is CC(NC(=O)Cc1cc(F)cc(F)c1)C1CCN(C(=O)[C@H](C)N)CC1. The molecule has 1 heterocycles. The second-order valence-corrected chi connectivity index (χ2v) is 6.76. The van der Waals surface area contributed by atoms with Gasteiger partial charge in [-0.1, -0.05) is 0 Å². The normalized spacial score (nSPS) is 17.9. The van der Waals surface area contributed by atoms with Gasteiger partial charge in [-0.3, -0.25) is 9.59 Å². The van der Waals surface area contributed by atoms with Crippen molar-refractivity contribution >= 4 is 11.8 Å². The zero-order valence-electron chi connectivity index (χ0n) is 14.6. The number of carbonyl (C=O) groups is 2. The summed E-state index contributed by atoms with van der Waals surface area (Å²) in [5.74, 6) is -1.45. The molecule has 0 spiro atoms. The van der Waals surface area contributed by atoms with E-state index in [4.69, 9.17) is 5.73 Å². The molecule has 1 aliphatic heterocycles. The lowest BCUT2D eigenvalue weighted by molar-refractivity contribution is -0.134. The van der Waals surface area contributed by atoms with Crippen LogP contribution < -0.4 is 11.1 Å². The molecule has 0 saturated carbocycles. The molecule has 3 N–H and O–H groups in total. The van der Waals surface area contributed by atoms with Crippen LogP contribution in [0.3, 0.4) is 0 Å². The molecule has 0 aliphatic carbocycles. The first-order valence-corrected chi connectivity index (χ1v) is 8.55. The number of benzene rings is 1. The number of halogens is 2. The van der Waals surface area contributed by atoms with E-state index in [0.717, 1.165) is 31.0 Å². The molecule has 138 valence electrons. The fourth-order valence-corrected chi connectivity index (χ4v) is 3.23. The Balaban J connectivity index is 1.83. The van der Waals surface area contributed by atoms with Crippen molar-refractivity contribution in [2.24, 2.45) is 11.7 Å². The Bertz CT molecular complexity index is 608. The van der Waals surface area contributed by atoms with Crippen LogP contribution in [0.2, 0.25) is 0 Å². The fraction of sp³-hybridized carbons (Fsp3) is 0.556. The molecular weight excluding hydrogens is 328 g/mol.